The summed E-state index contributed by atoms with van der Waals surface area (Å²) >= 11 is 2.15. The molecule has 0 N–H and O–H groups in total. The largest absolute Gasteiger partial charge is 0.122 e. The summed E-state index contributed by atoms with van der Waals surface area (Å²) < 4.78 is 0. The van der Waals surface area contributed by atoms with E-state index in [1.54, 1.807) is 16.0 Å². The van der Waals surface area contributed by atoms with Crippen LogP contribution in [0, 0.1) is 0 Å². The molecular weight excluding hydrogens is 212 g/mol. The fourth-order valence-corrected chi connectivity index (χ4v) is 4.90. The Labute approximate surface area is 103 Å². The Bertz CT molecular complexity index is 394. The summed E-state index contributed by atoms with van der Waals surface area (Å²) in [5.74, 6) is 1.54. The molecule has 1 fully saturated rings. The van der Waals surface area contributed by atoms with Gasteiger partial charge in [0.1, 0.15) is 0 Å². The molecule has 2 aliphatic rings. The van der Waals surface area contributed by atoms with Crippen LogP contribution in [0.25, 0.3) is 0 Å². The van der Waals surface area contributed by atoms with Gasteiger partial charge in [-0.1, -0.05) is 38.8 Å². The molecule has 1 aromatic rings. The molecule has 1 heteroatoms. The summed E-state index contributed by atoms with van der Waals surface area (Å²) in [6.45, 7) is 4.66. The van der Waals surface area contributed by atoms with E-state index in [4.69, 9.17) is 0 Å². The highest BCUT2D eigenvalue weighted by molar-refractivity contribution is 8.00. The normalized spacial score (nSPS) is 27.9. The van der Waals surface area contributed by atoms with Crippen molar-refractivity contribution in [2.24, 2.45) is 0 Å². The molecule has 0 spiro atoms. The molecule has 1 heterocycles. The van der Waals surface area contributed by atoms with E-state index in [0.29, 0.717) is 5.92 Å². The van der Waals surface area contributed by atoms with Crippen LogP contribution < -0.4 is 0 Å². The minimum Gasteiger partial charge on any atom is -0.122 e. The molecule has 0 radical (unpaired) electrons. The van der Waals surface area contributed by atoms with Crippen molar-refractivity contribution in [3.05, 3.63) is 29.3 Å². The van der Waals surface area contributed by atoms with Crippen molar-refractivity contribution in [3.8, 4) is 0 Å². The van der Waals surface area contributed by atoms with E-state index in [1.807, 2.05) is 0 Å². The van der Waals surface area contributed by atoms with E-state index in [2.05, 4.69) is 43.8 Å². The zero-order chi connectivity index (χ0) is 11.1. The topological polar surface area (TPSA) is 0 Å². The lowest BCUT2D eigenvalue weighted by Gasteiger charge is -2.26. The molecule has 86 valence electrons. The summed E-state index contributed by atoms with van der Waals surface area (Å²) in [5, 5.41) is 0.892. The molecular formula is C15H20S. The standard InChI is InChI=1S/C15H20S/c1-10(2)11-7-5-9-14-15(11)12-6-3-4-8-13(12)16-14/h5,7,9-10,12-13H,3-4,6,8H2,1-2H3. The van der Waals surface area contributed by atoms with Gasteiger partial charge in [0, 0.05) is 10.1 Å². The van der Waals surface area contributed by atoms with Crippen LogP contribution in [0.4, 0.5) is 0 Å². The van der Waals surface area contributed by atoms with Crippen LogP contribution in [0.5, 0.6) is 0 Å². The summed E-state index contributed by atoms with van der Waals surface area (Å²) in [5.41, 5.74) is 3.33. The maximum atomic E-state index is 2.35. The highest BCUT2D eigenvalue weighted by Gasteiger charge is 2.36. The molecule has 0 saturated heterocycles. The SMILES string of the molecule is CC(C)c1cccc2c1C1CCCCC1S2. The van der Waals surface area contributed by atoms with Crippen LogP contribution >= 0.6 is 11.8 Å². The van der Waals surface area contributed by atoms with Crippen molar-refractivity contribution in [1.82, 2.24) is 0 Å². The van der Waals surface area contributed by atoms with Crippen molar-refractivity contribution in [2.45, 2.75) is 61.5 Å². The molecule has 0 aromatic heterocycles. The highest BCUT2D eigenvalue weighted by atomic mass is 32.2. The average Bonchev–Trinajstić information content (AvgIpc) is 2.66. The predicted molar refractivity (Wildman–Crippen MR) is 71.4 cm³/mol. The van der Waals surface area contributed by atoms with Gasteiger partial charge >= 0.3 is 0 Å². The molecule has 1 aromatic carbocycles. The Morgan fingerprint density at radius 2 is 2.00 bits per heavy atom. The number of hydrogen-bond donors (Lipinski definition) is 0. The molecule has 2 unspecified atom stereocenters. The van der Waals surface area contributed by atoms with E-state index < -0.39 is 0 Å². The van der Waals surface area contributed by atoms with Gasteiger partial charge in [-0.25, -0.2) is 0 Å². The Morgan fingerprint density at radius 3 is 2.81 bits per heavy atom. The smallest absolute Gasteiger partial charge is 0.0164 e. The minimum absolute atomic E-state index is 0.677. The van der Waals surface area contributed by atoms with E-state index >= 15 is 0 Å². The Hall–Kier alpha value is -0.430. The van der Waals surface area contributed by atoms with Gasteiger partial charge in [-0.3, -0.25) is 0 Å². The maximum absolute atomic E-state index is 2.35. The van der Waals surface area contributed by atoms with Gasteiger partial charge in [-0.15, -0.1) is 11.8 Å². The number of hydrogen-bond acceptors (Lipinski definition) is 1. The third kappa shape index (κ3) is 1.60. The summed E-state index contributed by atoms with van der Waals surface area (Å²) in [6.07, 6.45) is 5.74. The molecule has 0 bridgehead atoms. The molecule has 1 saturated carbocycles. The Balaban J connectivity index is 2.06. The lowest BCUT2D eigenvalue weighted by Crippen LogP contribution is -2.16. The first-order valence-electron chi connectivity index (χ1n) is 6.57. The number of thioether (sulfide) groups is 1. The fraction of sp³-hybridized carbons (Fsp3) is 0.600. The molecule has 16 heavy (non-hydrogen) atoms. The van der Waals surface area contributed by atoms with Gasteiger partial charge in [-0.2, -0.15) is 0 Å². The fourth-order valence-electron chi connectivity index (χ4n) is 3.30. The van der Waals surface area contributed by atoms with Gasteiger partial charge in [0.05, 0.1) is 0 Å². The van der Waals surface area contributed by atoms with E-state index in [1.165, 1.54) is 25.7 Å². The lowest BCUT2D eigenvalue weighted by atomic mass is 9.80. The number of fused-ring (bicyclic) bond motifs is 3. The first kappa shape index (κ1) is 10.7. The van der Waals surface area contributed by atoms with Gasteiger partial charge < -0.3 is 0 Å². The third-order valence-electron chi connectivity index (χ3n) is 4.07. The van der Waals surface area contributed by atoms with Crippen molar-refractivity contribution in [1.29, 1.82) is 0 Å². The maximum Gasteiger partial charge on any atom is 0.0164 e. The van der Waals surface area contributed by atoms with Gasteiger partial charge in [0.15, 0.2) is 0 Å². The van der Waals surface area contributed by atoms with Crippen LogP contribution in [0.15, 0.2) is 23.1 Å². The van der Waals surface area contributed by atoms with Crippen LogP contribution in [0.1, 0.15) is 62.5 Å². The van der Waals surface area contributed by atoms with Crippen LogP contribution in [0.2, 0.25) is 0 Å². The van der Waals surface area contributed by atoms with Crippen molar-refractivity contribution < 1.29 is 0 Å². The van der Waals surface area contributed by atoms with Gasteiger partial charge in [0.2, 0.25) is 0 Å². The summed E-state index contributed by atoms with van der Waals surface area (Å²) in [7, 11) is 0. The molecule has 2 atom stereocenters. The Kier molecular flexibility index (Phi) is 2.75. The monoisotopic (exact) mass is 232 g/mol. The van der Waals surface area contributed by atoms with Crippen LogP contribution in [-0.4, -0.2) is 5.25 Å². The second-order valence-corrected chi connectivity index (χ2v) is 6.74. The molecule has 0 nitrogen and oxygen atoms in total. The summed E-state index contributed by atoms with van der Waals surface area (Å²) in [6, 6.07) is 6.93. The first-order valence-corrected chi connectivity index (χ1v) is 7.45. The highest BCUT2D eigenvalue weighted by Crippen LogP contribution is 2.53. The average molecular weight is 232 g/mol. The van der Waals surface area contributed by atoms with Crippen molar-refractivity contribution >= 4 is 11.8 Å². The first-order chi connectivity index (χ1) is 7.77. The second kappa shape index (κ2) is 4.10. The molecule has 3 rings (SSSR count). The summed E-state index contributed by atoms with van der Waals surface area (Å²) in [4.78, 5) is 1.59. The molecule has 0 amide bonds. The zero-order valence-electron chi connectivity index (χ0n) is 10.2. The molecule has 1 aliphatic heterocycles. The van der Waals surface area contributed by atoms with Gasteiger partial charge in [-0.05, 0) is 41.9 Å². The van der Waals surface area contributed by atoms with Gasteiger partial charge in [0.25, 0.3) is 0 Å². The molecule has 1 aliphatic carbocycles. The van der Waals surface area contributed by atoms with Crippen molar-refractivity contribution in [2.75, 3.05) is 0 Å². The number of rotatable bonds is 1. The third-order valence-corrected chi connectivity index (χ3v) is 5.55. The quantitative estimate of drug-likeness (QED) is 0.660. The van der Waals surface area contributed by atoms with Crippen LogP contribution in [0.3, 0.4) is 0 Å². The number of benzene rings is 1. The zero-order valence-corrected chi connectivity index (χ0v) is 11.0. The van der Waals surface area contributed by atoms with E-state index in [9.17, 15) is 0 Å². The second-order valence-electron chi connectivity index (χ2n) is 5.46. The predicted octanol–water partition coefficient (Wildman–Crippen LogP) is 4.94. The Morgan fingerprint density at radius 1 is 1.19 bits per heavy atom. The minimum atomic E-state index is 0.677. The lowest BCUT2D eigenvalue weighted by molar-refractivity contribution is 0.458. The van der Waals surface area contributed by atoms with E-state index in [-0.39, 0.29) is 0 Å². The van der Waals surface area contributed by atoms with Crippen molar-refractivity contribution in [3.63, 3.8) is 0 Å². The van der Waals surface area contributed by atoms with Crippen LogP contribution in [-0.2, 0) is 0 Å². The van der Waals surface area contributed by atoms with E-state index in [0.717, 1.165) is 11.2 Å².